The first-order valence-electron chi connectivity index (χ1n) is 5.14. The van der Waals surface area contributed by atoms with Crippen molar-refractivity contribution >= 4 is 12.6 Å². The van der Waals surface area contributed by atoms with Gasteiger partial charge in [-0.1, -0.05) is 19.9 Å². The van der Waals surface area contributed by atoms with Gasteiger partial charge in [-0.05, 0) is 17.9 Å². The molecule has 0 aliphatic heterocycles. The van der Waals surface area contributed by atoms with Crippen LogP contribution < -0.4 is 5.46 Å². The van der Waals surface area contributed by atoms with Gasteiger partial charge in [-0.25, -0.2) is 0 Å². The summed E-state index contributed by atoms with van der Waals surface area (Å²) >= 11 is 0. The van der Waals surface area contributed by atoms with E-state index in [0.29, 0.717) is 0 Å². The van der Waals surface area contributed by atoms with Crippen molar-refractivity contribution in [2.45, 2.75) is 26.4 Å². The Morgan fingerprint density at radius 2 is 1.94 bits per heavy atom. The van der Waals surface area contributed by atoms with E-state index in [4.69, 9.17) is 10.0 Å². The molecule has 0 atom stereocenters. The minimum absolute atomic E-state index is 0.0156. The maximum Gasteiger partial charge on any atom is 0.490 e. The summed E-state index contributed by atoms with van der Waals surface area (Å²) in [6.45, 7) is 3.56. The molecule has 0 radical (unpaired) electrons. The van der Waals surface area contributed by atoms with Crippen molar-refractivity contribution in [2.24, 2.45) is 5.92 Å². The topological polar surface area (TPSA) is 53.4 Å². The van der Waals surface area contributed by atoms with Gasteiger partial charge in [0.25, 0.3) is 0 Å². The van der Waals surface area contributed by atoms with Gasteiger partial charge >= 0.3 is 13.3 Å². The molecule has 0 spiro atoms. The first-order chi connectivity index (χ1) is 7.71. The highest BCUT2D eigenvalue weighted by Gasteiger charge is 2.35. The summed E-state index contributed by atoms with van der Waals surface area (Å²) in [6, 6.07) is 1.14. The third kappa shape index (κ3) is 3.71. The van der Waals surface area contributed by atoms with Crippen LogP contribution in [0.3, 0.4) is 0 Å². The van der Waals surface area contributed by atoms with E-state index in [1.54, 1.807) is 13.8 Å². The Hall–Kier alpha value is -1.08. The summed E-state index contributed by atoms with van der Waals surface area (Å²) in [4.78, 5) is 3.28. The second kappa shape index (κ2) is 5.06. The van der Waals surface area contributed by atoms with Crippen LogP contribution in [0.4, 0.5) is 13.2 Å². The van der Waals surface area contributed by atoms with Gasteiger partial charge in [0, 0.05) is 11.7 Å². The Morgan fingerprint density at radius 1 is 1.35 bits per heavy atom. The summed E-state index contributed by atoms with van der Waals surface area (Å²) in [5, 5.41) is 17.8. The molecule has 0 aliphatic rings. The molecule has 0 aromatic carbocycles. The SMILES string of the molecule is CC(C)Cc1cc(B(O)O)cnc1C(F)(F)F. The molecule has 0 fully saturated rings. The van der Waals surface area contributed by atoms with Gasteiger partial charge in [-0.2, -0.15) is 13.2 Å². The minimum atomic E-state index is -4.52. The fourth-order valence-corrected chi connectivity index (χ4v) is 1.52. The van der Waals surface area contributed by atoms with Crippen LogP contribution in [-0.4, -0.2) is 22.2 Å². The number of pyridine rings is 1. The molecule has 7 heteroatoms. The fraction of sp³-hybridized carbons (Fsp3) is 0.500. The van der Waals surface area contributed by atoms with Crippen LogP contribution in [0.5, 0.6) is 0 Å². The van der Waals surface area contributed by atoms with Crippen LogP contribution in [0, 0.1) is 5.92 Å². The zero-order chi connectivity index (χ0) is 13.2. The lowest BCUT2D eigenvalue weighted by Crippen LogP contribution is -2.32. The molecule has 1 heterocycles. The van der Waals surface area contributed by atoms with Crippen LogP contribution in [-0.2, 0) is 12.6 Å². The van der Waals surface area contributed by atoms with E-state index in [0.717, 1.165) is 12.3 Å². The van der Waals surface area contributed by atoms with E-state index in [1.807, 2.05) is 0 Å². The summed E-state index contributed by atoms with van der Waals surface area (Å²) in [7, 11) is -1.81. The molecule has 0 saturated heterocycles. The van der Waals surface area contributed by atoms with E-state index in [-0.39, 0.29) is 23.4 Å². The van der Waals surface area contributed by atoms with Crippen molar-refractivity contribution in [3.63, 3.8) is 0 Å². The van der Waals surface area contributed by atoms with Crippen molar-refractivity contribution in [1.29, 1.82) is 0 Å². The molecular formula is C10H13BF3NO2. The molecule has 0 unspecified atom stereocenters. The highest BCUT2D eigenvalue weighted by molar-refractivity contribution is 6.58. The number of hydrogen-bond acceptors (Lipinski definition) is 3. The Bertz CT molecular complexity index is 394. The molecular weight excluding hydrogens is 234 g/mol. The second-order valence-electron chi connectivity index (χ2n) is 4.25. The molecule has 2 N–H and O–H groups in total. The van der Waals surface area contributed by atoms with Crippen molar-refractivity contribution in [3.05, 3.63) is 23.5 Å². The Morgan fingerprint density at radius 3 is 2.35 bits per heavy atom. The summed E-state index contributed by atoms with van der Waals surface area (Å²) in [5.41, 5.74) is -1.01. The summed E-state index contributed by atoms with van der Waals surface area (Å²) in [6.07, 6.45) is -3.51. The number of nitrogens with zero attached hydrogens (tertiary/aromatic N) is 1. The third-order valence-electron chi connectivity index (χ3n) is 2.18. The molecule has 1 aromatic heterocycles. The van der Waals surface area contributed by atoms with Gasteiger partial charge in [0.05, 0.1) is 0 Å². The normalized spacial score (nSPS) is 12.0. The maximum absolute atomic E-state index is 12.6. The van der Waals surface area contributed by atoms with E-state index < -0.39 is 19.0 Å². The van der Waals surface area contributed by atoms with E-state index in [2.05, 4.69) is 4.98 Å². The molecule has 94 valence electrons. The number of hydrogen-bond donors (Lipinski definition) is 2. The summed E-state index contributed by atoms with van der Waals surface area (Å²) < 4.78 is 37.9. The lowest BCUT2D eigenvalue weighted by molar-refractivity contribution is -0.141. The predicted octanol–water partition coefficient (Wildman–Crippen LogP) is 0.979. The number of halogens is 3. The molecule has 0 bridgehead atoms. The number of aromatic nitrogens is 1. The van der Waals surface area contributed by atoms with E-state index >= 15 is 0 Å². The first kappa shape index (κ1) is 14.0. The summed E-state index contributed by atoms with van der Waals surface area (Å²) in [5.74, 6) is 0.0176. The standard InChI is InChI=1S/C10H13BF3NO2/c1-6(2)3-7-4-8(11(16)17)5-15-9(7)10(12,13)14/h4-6,16-17H,3H2,1-2H3. The van der Waals surface area contributed by atoms with Crippen molar-refractivity contribution in [2.75, 3.05) is 0 Å². The molecule has 3 nitrogen and oxygen atoms in total. The molecule has 0 saturated carbocycles. The van der Waals surface area contributed by atoms with E-state index in [1.165, 1.54) is 0 Å². The van der Waals surface area contributed by atoms with Gasteiger partial charge in [0.1, 0.15) is 5.69 Å². The molecule has 1 aromatic rings. The second-order valence-corrected chi connectivity index (χ2v) is 4.25. The predicted molar refractivity (Wildman–Crippen MR) is 57.6 cm³/mol. The highest BCUT2D eigenvalue weighted by Crippen LogP contribution is 2.30. The Balaban J connectivity index is 3.22. The average molecular weight is 247 g/mol. The van der Waals surface area contributed by atoms with Crippen molar-refractivity contribution < 1.29 is 23.2 Å². The fourth-order valence-electron chi connectivity index (χ4n) is 1.52. The smallest absolute Gasteiger partial charge is 0.423 e. The van der Waals surface area contributed by atoms with Crippen LogP contribution in [0.15, 0.2) is 12.3 Å². The van der Waals surface area contributed by atoms with Crippen LogP contribution in [0.25, 0.3) is 0 Å². The van der Waals surface area contributed by atoms with Gasteiger partial charge in [-0.3, -0.25) is 4.98 Å². The average Bonchev–Trinajstić information content (AvgIpc) is 2.14. The van der Waals surface area contributed by atoms with Gasteiger partial charge < -0.3 is 10.0 Å². The Kier molecular flexibility index (Phi) is 4.16. The highest BCUT2D eigenvalue weighted by atomic mass is 19.4. The van der Waals surface area contributed by atoms with E-state index in [9.17, 15) is 13.2 Å². The van der Waals surface area contributed by atoms with Crippen LogP contribution in [0.1, 0.15) is 25.1 Å². The molecule has 0 aliphatic carbocycles. The van der Waals surface area contributed by atoms with Crippen molar-refractivity contribution in [1.82, 2.24) is 4.98 Å². The molecule has 17 heavy (non-hydrogen) atoms. The zero-order valence-corrected chi connectivity index (χ0v) is 9.49. The Labute approximate surface area is 97.5 Å². The molecule has 0 amide bonds. The number of rotatable bonds is 3. The zero-order valence-electron chi connectivity index (χ0n) is 9.49. The van der Waals surface area contributed by atoms with Crippen molar-refractivity contribution in [3.8, 4) is 0 Å². The van der Waals surface area contributed by atoms with Crippen LogP contribution >= 0.6 is 0 Å². The number of alkyl halides is 3. The monoisotopic (exact) mass is 247 g/mol. The van der Waals surface area contributed by atoms with Gasteiger partial charge in [0.15, 0.2) is 0 Å². The lowest BCUT2D eigenvalue weighted by atomic mass is 9.80. The lowest BCUT2D eigenvalue weighted by Gasteiger charge is -2.14. The third-order valence-corrected chi connectivity index (χ3v) is 2.18. The maximum atomic E-state index is 12.6. The van der Waals surface area contributed by atoms with Gasteiger partial charge in [0.2, 0.25) is 0 Å². The first-order valence-corrected chi connectivity index (χ1v) is 5.14. The molecule has 1 rings (SSSR count). The quantitative estimate of drug-likeness (QED) is 0.783. The van der Waals surface area contributed by atoms with Gasteiger partial charge in [-0.15, -0.1) is 0 Å². The largest absolute Gasteiger partial charge is 0.490 e. The van der Waals surface area contributed by atoms with Crippen LogP contribution in [0.2, 0.25) is 0 Å². The minimum Gasteiger partial charge on any atom is -0.423 e.